The lowest BCUT2D eigenvalue weighted by Gasteiger charge is -2.09. The van der Waals surface area contributed by atoms with Gasteiger partial charge in [0.05, 0.1) is 5.56 Å². The first-order chi connectivity index (χ1) is 5.82. The van der Waals surface area contributed by atoms with E-state index in [-0.39, 0.29) is 15.5 Å². The number of hydrogen-bond acceptors (Lipinski definition) is 0. The van der Waals surface area contributed by atoms with Crippen LogP contribution in [-0.4, -0.2) is 7.85 Å². The maximum absolute atomic E-state index is 12.1. The molecule has 6 heteroatoms. The lowest BCUT2D eigenvalue weighted by molar-refractivity contribution is -0.137. The molecule has 0 saturated carbocycles. The number of benzene rings is 1. The molecule has 0 spiro atoms. The van der Waals surface area contributed by atoms with Crippen LogP contribution in [0.3, 0.4) is 0 Å². The third-order valence-corrected chi connectivity index (χ3v) is 2.03. The second kappa shape index (κ2) is 3.43. The summed E-state index contributed by atoms with van der Waals surface area (Å²) in [6.07, 6.45) is -4.46. The third kappa shape index (κ3) is 2.32. The Morgan fingerprint density at radius 3 is 1.77 bits per heavy atom. The summed E-state index contributed by atoms with van der Waals surface area (Å²) in [5.41, 5.74) is -0.951. The molecular formula is C7H2BCl2F3. The molecule has 1 rings (SSSR count). The van der Waals surface area contributed by atoms with Crippen LogP contribution in [0.1, 0.15) is 5.56 Å². The molecule has 0 amide bonds. The van der Waals surface area contributed by atoms with Crippen LogP contribution in [-0.2, 0) is 6.18 Å². The molecule has 68 valence electrons. The van der Waals surface area contributed by atoms with Gasteiger partial charge in [-0.25, -0.2) is 0 Å². The molecule has 0 aliphatic rings. The van der Waals surface area contributed by atoms with E-state index in [0.29, 0.717) is 0 Å². The van der Waals surface area contributed by atoms with Gasteiger partial charge in [0, 0.05) is 10.0 Å². The van der Waals surface area contributed by atoms with E-state index in [4.69, 9.17) is 31.0 Å². The Labute approximate surface area is 84.1 Å². The lowest BCUT2D eigenvalue weighted by Crippen LogP contribution is -2.11. The molecule has 1 aromatic carbocycles. The maximum Gasteiger partial charge on any atom is 0.416 e. The molecule has 0 unspecified atom stereocenters. The van der Waals surface area contributed by atoms with Crippen molar-refractivity contribution in [2.24, 2.45) is 0 Å². The topological polar surface area (TPSA) is 0 Å². The highest BCUT2D eigenvalue weighted by molar-refractivity contribution is 6.51. The van der Waals surface area contributed by atoms with Crippen LogP contribution >= 0.6 is 23.2 Å². The molecule has 0 saturated heterocycles. The number of halogens is 5. The summed E-state index contributed by atoms with van der Waals surface area (Å²) in [5.74, 6) is 0. The van der Waals surface area contributed by atoms with Crippen LogP contribution in [0, 0.1) is 0 Å². The molecule has 0 aliphatic heterocycles. The average Bonchev–Trinajstić information content (AvgIpc) is 1.97. The highest BCUT2D eigenvalue weighted by Crippen LogP contribution is 2.31. The van der Waals surface area contributed by atoms with Gasteiger partial charge < -0.3 is 0 Å². The van der Waals surface area contributed by atoms with Crippen LogP contribution in [0.15, 0.2) is 12.1 Å². The van der Waals surface area contributed by atoms with Crippen LogP contribution in [0.2, 0.25) is 10.0 Å². The van der Waals surface area contributed by atoms with Crippen molar-refractivity contribution in [3.63, 3.8) is 0 Å². The maximum atomic E-state index is 12.1. The fourth-order valence-corrected chi connectivity index (χ4v) is 1.24. The summed E-state index contributed by atoms with van der Waals surface area (Å²) < 4.78 is 36.4. The van der Waals surface area contributed by atoms with Crippen molar-refractivity contribution < 1.29 is 13.2 Å². The van der Waals surface area contributed by atoms with Crippen LogP contribution < -0.4 is 5.46 Å². The lowest BCUT2D eigenvalue weighted by atomic mass is 9.95. The SMILES string of the molecule is [B]c1c(Cl)cc(C(F)(F)F)cc1Cl. The Bertz CT molecular complexity index is 312. The number of alkyl halides is 3. The summed E-state index contributed by atoms with van der Waals surface area (Å²) in [5, 5.41) is -0.389. The highest BCUT2D eigenvalue weighted by Gasteiger charge is 2.31. The zero-order valence-corrected chi connectivity index (χ0v) is 7.63. The Morgan fingerprint density at radius 1 is 1.08 bits per heavy atom. The minimum absolute atomic E-state index is 0.0451. The van der Waals surface area contributed by atoms with Crippen molar-refractivity contribution in [2.75, 3.05) is 0 Å². The quantitative estimate of drug-likeness (QED) is 0.595. The Balaban J connectivity index is 3.29. The van der Waals surface area contributed by atoms with E-state index in [2.05, 4.69) is 0 Å². The second-order valence-electron chi connectivity index (χ2n) is 2.35. The monoisotopic (exact) mass is 224 g/mol. The minimum atomic E-state index is -4.46. The first-order valence-electron chi connectivity index (χ1n) is 3.14. The zero-order chi connectivity index (χ0) is 10.2. The van der Waals surface area contributed by atoms with Gasteiger partial charge in [-0.2, -0.15) is 13.2 Å². The standard InChI is InChI=1S/C7H2BCl2F3/c8-6-4(9)1-3(2-5(6)10)7(11,12)13/h1-2H. The van der Waals surface area contributed by atoms with Gasteiger partial charge in [0.1, 0.15) is 7.85 Å². The molecule has 0 N–H and O–H groups in total. The smallest absolute Gasteiger partial charge is 0.166 e. The second-order valence-corrected chi connectivity index (χ2v) is 3.17. The Kier molecular flexibility index (Phi) is 2.83. The minimum Gasteiger partial charge on any atom is -0.166 e. The molecule has 0 aliphatic carbocycles. The summed E-state index contributed by atoms with van der Waals surface area (Å²) in [4.78, 5) is 0. The first kappa shape index (κ1) is 10.7. The molecule has 0 atom stereocenters. The van der Waals surface area contributed by atoms with E-state index >= 15 is 0 Å². The molecule has 1 aromatic rings. The number of hydrogen-bond donors (Lipinski definition) is 0. The van der Waals surface area contributed by atoms with Crippen molar-refractivity contribution in [1.29, 1.82) is 0 Å². The fraction of sp³-hybridized carbons (Fsp3) is 0.143. The molecule has 0 aromatic heterocycles. The predicted molar refractivity (Wildman–Crippen MR) is 46.9 cm³/mol. The van der Waals surface area contributed by atoms with Crippen LogP contribution in [0.5, 0.6) is 0 Å². The largest absolute Gasteiger partial charge is 0.416 e. The van der Waals surface area contributed by atoms with E-state index in [1.54, 1.807) is 0 Å². The van der Waals surface area contributed by atoms with E-state index in [0.717, 1.165) is 12.1 Å². The van der Waals surface area contributed by atoms with Crippen LogP contribution in [0.4, 0.5) is 13.2 Å². The zero-order valence-electron chi connectivity index (χ0n) is 6.12. The van der Waals surface area contributed by atoms with Gasteiger partial charge in [0.25, 0.3) is 0 Å². The van der Waals surface area contributed by atoms with Gasteiger partial charge in [0.15, 0.2) is 0 Å². The van der Waals surface area contributed by atoms with Crippen LogP contribution in [0.25, 0.3) is 0 Å². The highest BCUT2D eigenvalue weighted by atomic mass is 35.5. The fourth-order valence-electron chi connectivity index (χ4n) is 0.748. The summed E-state index contributed by atoms with van der Waals surface area (Å²) in [7, 11) is 5.26. The van der Waals surface area contributed by atoms with Crippen molar-refractivity contribution in [2.45, 2.75) is 6.18 Å². The first-order valence-corrected chi connectivity index (χ1v) is 3.89. The van der Waals surface area contributed by atoms with Crippen molar-refractivity contribution >= 4 is 36.5 Å². The van der Waals surface area contributed by atoms with E-state index < -0.39 is 11.7 Å². The molecule has 0 heterocycles. The normalized spacial score (nSPS) is 11.8. The molecule has 0 fully saturated rings. The molecule has 0 bridgehead atoms. The average molecular weight is 225 g/mol. The third-order valence-electron chi connectivity index (χ3n) is 1.41. The van der Waals surface area contributed by atoms with Gasteiger partial charge in [-0.1, -0.05) is 28.7 Å². The van der Waals surface area contributed by atoms with Gasteiger partial charge in [0.2, 0.25) is 0 Å². The Hall–Kier alpha value is -0.345. The van der Waals surface area contributed by atoms with E-state index in [1.807, 2.05) is 0 Å². The predicted octanol–water partition coefficient (Wildman–Crippen LogP) is 2.81. The van der Waals surface area contributed by atoms with Gasteiger partial charge in [-0.05, 0) is 12.1 Å². The Morgan fingerprint density at radius 2 is 1.46 bits per heavy atom. The van der Waals surface area contributed by atoms with Gasteiger partial charge in [-0.15, -0.1) is 0 Å². The van der Waals surface area contributed by atoms with E-state index in [9.17, 15) is 13.2 Å². The summed E-state index contributed by atoms with van der Waals surface area (Å²) in [6, 6.07) is 1.48. The van der Waals surface area contributed by atoms with E-state index in [1.165, 1.54) is 0 Å². The van der Waals surface area contributed by atoms with Crippen molar-refractivity contribution in [1.82, 2.24) is 0 Å². The van der Waals surface area contributed by atoms with Crippen molar-refractivity contribution in [3.05, 3.63) is 27.7 Å². The molecule has 13 heavy (non-hydrogen) atoms. The van der Waals surface area contributed by atoms with Gasteiger partial charge in [-0.3, -0.25) is 0 Å². The summed E-state index contributed by atoms with van der Waals surface area (Å²) in [6.45, 7) is 0. The molecular weight excluding hydrogens is 223 g/mol. The van der Waals surface area contributed by atoms with Crippen molar-refractivity contribution in [3.8, 4) is 0 Å². The molecule has 2 radical (unpaired) electrons. The molecule has 0 nitrogen and oxygen atoms in total. The number of rotatable bonds is 0. The van der Waals surface area contributed by atoms with Gasteiger partial charge >= 0.3 is 6.18 Å². The summed E-state index contributed by atoms with van der Waals surface area (Å²) >= 11 is 10.8.